The Bertz CT molecular complexity index is 677. The van der Waals surface area contributed by atoms with E-state index in [2.05, 4.69) is 31.8 Å². The Hall–Kier alpha value is -2.28. The maximum absolute atomic E-state index is 11.7. The summed E-state index contributed by atoms with van der Waals surface area (Å²) in [5, 5.41) is 0. The van der Waals surface area contributed by atoms with Crippen molar-refractivity contribution in [2.75, 3.05) is 6.61 Å². The zero-order valence-corrected chi connectivity index (χ0v) is 13.8. The van der Waals surface area contributed by atoms with E-state index in [1.54, 1.807) is 12.3 Å². The number of hydrazine groups is 1. The summed E-state index contributed by atoms with van der Waals surface area (Å²) in [5.41, 5.74) is 7.04. The van der Waals surface area contributed by atoms with E-state index >= 15 is 0 Å². The minimum atomic E-state index is -0.446. The highest BCUT2D eigenvalue weighted by atomic mass is 79.9. The van der Waals surface area contributed by atoms with Crippen LogP contribution < -0.4 is 15.6 Å². The standard InChI is InChI=1S/C15H16BrN3O3/c1-9-3-10(2)5-12(4-9)22-8-14(20)18-19-15(21)13-6-11(16)7-17-13/h3-7,17H,8H2,1-2H3,(H,18,20)(H,19,21). The highest BCUT2D eigenvalue weighted by Gasteiger charge is 2.09. The first-order chi connectivity index (χ1) is 10.4. The Morgan fingerprint density at radius 3 is 2.41 bits per heavy atom. The number of benzene rings is 1. The molecule has 0 fully saturated rings. The Labute approximate surface area is 136 Å². The number of amides is 2. The molecule has 0 aliphatic carbocycles. The van der Waals surface area contributed by atoms with Gasteiger partial charge in [-0.25, -0.2) is 0 Å². The third-order valence-corrected chi connectivity index (χ3v) is 3.23. The zero-order chi connectivity index (χ0) is 16.1. The summed E-state index contributed by atoms with van der Waals surface area (Å²) in [7, 11) is 0. The van der Waals surface area contributed by atoms with Crippen molar-refractivity contribution in [1.82, 2.24) is 15.8 Å². The maximum atomic E-state index is 11.7. The molecule has 116 valence electrons. The molecule has 0 bridgehead atoms. The molecule has 7 heteroatoms. The van der Waals surface area contributed by atoms with Crippen LogP contribution in [0.4, 0.5) is 0 Å². The number of aromatic nitrogens is 1. The Kier molecular flexibility index (Phi) is 5.21. The number of carbonyl (C=O) groups is 2. The van der Waals surface area contributed by atoms with E-state index < -0.39 is 11.8 Å². The van der Waals surface area contributed by atoms with Crippen molar-refractivity contribution < 1.29 is 14.3 Å². The van der Waals surface area contributed by atoms with Gasteiger partial charge < -0.3 is 9.72 Å². The van der Waals surface area contributed by atoms with Crippen molar-refractivity contribution in [3.8, 4) is 5.75 Å². The molecule has 0 atom stereocenters. The van der Waals surface area contributed by atoms with Crippen LogP contribution in [0.3, 0.4) is 0 Å². The van der Waals surface area contributed by atoms with Crippen LogP contribution in [0.5, 0.6) is 5.75 Å². The topological polar surface area (TPSA) is 83.2 Å². The number of H-pyrrole nitrogens is 1. The minimum absolute atomic E-state index is 0.183. The van der Waals surface area contributed by atoms with E-state index in [-0.39, 0.29) is 6.61 Å². The van der Waals surface area contributed by atoms with Crippen molar-refractivity contribution >= 4 is 27.7 Å². The lowest BCUT2D eigenvalue weighted by Crippen LogP contribution is -2.43. The summed E-state index contributed by atoms with van der Waals surface area (Å²) in [6.45, 7) is 3.72. The molecule has 3 N–H and O–H groups in total. The van der Waals surface area contributed by atoms with Gasteiger partial charge in [-0.3, -0.25) is 20.4 Å². The second kappa shape index (κ2) is 7.13. The second-order valence-electron chi connectivity index (χ2n) is 4.85. The molecule has 0 aliphatic rings. The van der Waals surface area contributed by atoms with Gasteiger partial charge in [0.2, 0.25) is 0 Å². The summed E-state index contributed by atoms with van der Waals surface area (Å²) in [5.74, 6) is -0.268. The van der Waals surface area contributed by atoms with Crippen molar-refractivity contribution in [2.24, 2.45) is 0 Å². The van der Waals surface area contributed by atoms with E-state index in [4.69, 9.17) is 4.74 Å². The second-order valence-corrected chi connectivity index (χ2v) is 5.76. The molecule has 2 amide bonds. The van der Waals surface area contributed by atoms with Gasteiger partial charge in [0.15, 0.2) is 6.61 Å². The average Bonchev–Trinajstić information content (AvgIpc) is 2.88. The quantitative estimate of drug-likeness (QED) is 0.726. The number of aryl methyl sites for hydroxylation is 2. The number of halogens is 1. The zero-order valence-electron chi connectivity index (χ0n) is 12.2. The molecule has 0 saturated carbocycles. The number of aromatic amines is 1. The Morgan fingerprint density at radius 1 is 1.14 bits per heavy atom. The summed E-state index contributed by atoms with van der Waals surface area (Å²) in [6, 6.07) is 7.31. The minimum Gasteiger partial charge on any atom is -0.484 e. The molecule has 1 heterocycles. The van der Waals surface area contributed by atoms with Crippen LogP contribution in [-0.2, 0) is 4.79 Å². The van der Waals surface area contributed by atoms with E-state index in [0.29, 0.717) is 11.4 Å². The summed E-state index contributed by atoms with van der Waals surface area (Å²) < 4.78 is 6.14. The average molecular weight is 366 g/mol. The molecular weight excluding hydrogens is 350 g/mol. The van der Waals surface area contributed by atoms with E-state index in [0.717, 1.165) is 15.6 Å². The van der Waals surface area contributed by atoms with Gasteiger partial charge in [0.05, 0.1) is 0 Å². The summed E-state index contributed by atoms with van der Waals surface area (Å²) in [4.78, 5) is 26.1. The van der Waals surface area contributed by atoms with Gasteiger partial charge in [0.1, 0.15) is 11.4 Å². The summed E-state index contributed by atoms with van der Waals surface area (Å²) >= 11 is 3.22. The van der Waals surface area contributed by atoms with Gasteiger partial charge in [-0.05, 0) is 59.1 Å². The third kappa shape index (κ3) is 4.63. The molecule has 0 aliphatic heterocycles. The van der Waals surface area contributed by atoms with Crippen LogP contribution in [0.2, 0.25) is 0 Å². The third-order valence-electron chi connectivity index (χ3n) is 2.77. The first kappa shape index (κ1) is 16.1. The number of carbonyl (C=O) groups excluding carboxylic acids is 2. The Balaban J connectivity index is 1.79. The van der Waals surface area contributed by atoms with Crippen LogP contribution in [0, 0.1) is 13.8 Å². The number of rotatable bonds is 4. The SMILES string of the molecule is Cc1cc(C)cc(OCC(=O)NNC(=O)c2cc(Br)c[nH]2)c1. The van der Waals surface area contributed by atoms with E-state index in [1.165, 1.54) is 0 Å². The molecule has 0 unspecified atom stereocenters. The number of ether oxygens (including phenoxy) is 1. The fourth-order valence-corrected chi connectivity index (χ4v) is 2.24. The van der Waals surface area contributed by atoms with Gasteiger partial charge in [-0.15, -0.1) is 0 Å². The van der Waals surface area contributed by atoms with Crippen molar-refractivity contribution in [3.05, 3.63) is 51.8 Å². The molecule has 1 aromatic heterocycles. The van der Waals surface area contributed by atoms with Gasteiger partial charge >= 0.3 is 0 Å². The lowest BCUT2D eigenvalue weighted by atomic mass is 10.1. The smallest absolute Gasteiger partial charge is 0.286 e. The molecule has 2 aromatic rings. The van der Waals surface area contributed by atoms with Crippen LogP contribution in [-0.4, -0.2) is 23.4 Å². The molecule has 22 heavy (non-hydrogen) atoms. The van der Waals surface area contributed by atoms with Gasteiger partial charge in [-0.1, -0.05) is 6.07 Å². The maximum Gasteiger partial charge on any atom is 0.286 e. The van der Waals surface area contributed by atoms with Crippen molar-refractivity contribution in [3.63, 3.8) is 0 Å². The number of hydrogen-bond acceptors (Lipinski definition) is 3. The fourth-order valence-electron chi connectivity index (χ4n) is 1.89. The van der Waals surface area contributed by atoms with Crippen LogP contribution in [0.25, 0.3) is 0 Å². The highest BCUT2D eigenvalue weighted by Crippen LogP contribution is 2.15. The molecule has 0 radical (unpaired) electrons. The lowest BCUT2D eigenvalue weighted by Gasteiger charge is -2.09. The number of nitrogens with one attached hydrogen (secondary N) is 3. The molecule has 1 aromatic carbocycles. The monoisotopic (exact) mass is 365 g/mol. The molecule has 2 rings (SSSR count). The first-order valence-corrected chi connectivity index (χ1v) is 7.37. The first-order valence-electron chi connectivity index (χ1n) is 6.58. The van der Waals surface area contributed by atoms with Crippen LogP contribution in [0.15, 0.2) is 34.9 Å². The Morgan fingerprint density at radius 2 is 1.82 bits per heavy atom. The van der Waals surface area contributed by atoms with Crippen molar-refractivity contribution in [1.29, 1.82) is 0 Å². The predicted octanol–water partition coefficient (Wildman–Crippen LogP) is 2.23. The van der Waals surface area contributed by atoms with Crippen molar-refractivity contribution in [2.45, 2.75) is 13.8 Å². The van der Waals surface area contributed by atoms with E-state index in [1.807, 2.05) is 32.0 Å². The van der Waals surface area contributed by atoms with Crippen LogP contribution in [0.1, 0.15) is 21.6 Å². The molecular formula is C15H16BrN3O3. The predicted molar refractivity (Wildman–Crippen MR) is 85.5 cm³/mol. The van der Waals surface area contributed by atoms with Gasteiger partial charge in [0.25, 0.3) is 11.8 Å². The number of hydrogen-bond donors (Lipinski definition) is 3. The van der Waals surface area contributed by atoms with Gasteiger partial charge in [-0.2, -0.15) is 0 Å². The highest BCUT2D eigenvalue weighted by molar-refractivity contribution is 9.10. The molecule has 0 saturated heterocycles. The lowest BCUT2D eigenvalue weighted by molar-refractivity contribution is -0.123. The van der Waals surface area contributed by atoms with Gasteiger partial charge in [0, 0.05) is 10.7 Å². The molecule has 6 nitrogen and oxygen atoms in total. The van der Waals surface area contributed by atoms with Crippen LogP contribution >= 0.6 is 15.9 Å². The van der Waals surface area contributed by atoms with E-state index in [9.17, 15) is 9.59 Å². The fraction of sp³-hybridized carbons (Fsp3) is 0.200. The molecule has 0 spiro atoms. The summed E-state index contributed by atoms with van der Waals surface area (Å²) in [6.07, 6.45) is 1.62. The largest absolute Gasteiger partial charge is 0.484 e. The normalized spacial score (nSPS) is 10.1.